The molecule has 3 N–H and O–H groups in total. The van der Waals surface area contributed by atoms with Crippen molar-refractivity contribution in [3.63, 3.8) is 0 Å². The van der Waals surface area contributed by atoms with Gasteiger partial charge in [-0.25, -0.2) is 4.94 Å². The minimum atomic E-state index is -1.50. The van der Waals surface area contributed by atoms with Crippen LogP contribution < -0.4 is 5.90 Å². The van der Waals surface area contributed by atoms with Crippen LogP contribution >= 0.6 is 0 Å². The van der Waals surface area contributed by atoms with Crippen molar-refractivity contribution < 1.29 is 20.3 Å². The summed E-state index contributed by atoms with van der Waals surface area (Å²) in [5.74, 6) is 3.97. The molecule has 9 nitrogen and oxygen atoms in total. The van der Waals surface area contributed by atoms with E-state index in [9.17, 15) is 0 Å². The first kappa shape index (κ1) is 16.5. The second kappa shape index (κ2) is 11.8. The van der Waals surface area contributed by atoms with Gasteiger partial charge in [-0.3, -0.25) is 0 Å². The van der Waals surface area contributed by atoms with Gasteiger partial charge >= 0.3 is 56.5 Å². The molecule has 0 aliphatic carbocycles. The SMILES string of the molecule is NO[N+](=O)[O-].O=[N+]([O-])O.[KH]. The van der Waals surface area contributed by atoms with E-state index in [1.54, 1.807) is 0 Å². The van der Waals surface area contributed by atoms with Gasteiger partial charge in [0.25, 0.3) is 5.09 Å². The summed E-state index contributed by atoms with van der Waals surface area (Å²) in [5, 5.41) is 21.4. The predicted molar refractivity (Wildman–Crippen MR) is 28.2 cm³/mol. The number of hydrogen-bond donors (Lipinski definition) is 2. The van der Waals surface area contributed by atoms with Crippen molar-refractivity contribution in [3.05, 3.63) is 20.2 Å². The van der Waals surface area contributed by atoms with Crippen LogP contribution in [0, 0.1) is 20.2 Å². The van der Waals surface area contributed by atoms with E-state index >= 15 is 0 Å². The van der Waals surface area contributed by atoms with E-state index in [1.165, 1.54) is 0 Å². The van der Waals surface area contributed by atoms with E-state index < -0.39 is 10.2 Å². The van der Waals surface area contributed by atoms with Gasteiger partial charge in [0, 0.05) is 0 Å². The van der Waals surface area contributed by atoms with E-state index in [2.05, 4.69) is 10.8 Å². The van der Waals surface area contributed by atoms with Gasteiger partial charge in [-0.15, -0.1) is 20.2 Å². The van der Waals surface area contributed by atoms with Gasteiger partial charge < -0.3 is 5.21 Å². The maximum absolute atomic E-state index is 8.83. The fraction of sp³-hybridized carbons (Fsp3) is 0. The van der Waals surface area contributed by atoms with Crippen LogP contribution in [0.15, 0.2) is 0 Å². The molecule has 0 aromatic carbocycles. The topological polar surface area (TPSA) is 142 Å². The van der Waals surface area contributed by atoms with E-state index in [1.807, 2.05) is 0 Å². The standard InChI is InChI=1S/K.H2N2O3.HNO3.H/c;1-5-2(3)4;2-1(3)4;/h;1H2;(H,2,3,4);. The fourth-order valence-electron chi connectivity index (χ4n) is 0. The first-order valence-corrected chi connectivity index (χ1v) is 1.35. The Kier molecular flexibility index (Phi) is 19.4. The third-order valence-corrected chi connectivity index (χ3v) is 0.0861. The molecule has 10 heavy (non-hydrogen) atoms. The molecule has 0 amide bonds. The monoisotopic (exact) mass is 181 g/mol. The second-order valence-corrected chi connectivity index (χ2v) is 0.567. The first-order chi connectivity index (χ1) is 4.00. The molecule has 0 saturated heterocycles. The van der Waals surface area contributed by atoms with Crippen molar-refractivity contribution in [1.29, 1.82) is 0 Å². The van der Waals surface area contributed by atoms with Gasteiger partial charge in [0.05, 0.1) is 0 Å². The van der Waals surface area contributed by atoms with Crippen molar-refractivity contribution in [3.8, 4) is 0 Å². The van der Waals surface area contributed by atoms with Crippen molar-refractivity contribution in [2.75, 3.05) is 0 Å². The Balaban J connectivity index is -0.0000000910. The molecule has 0 saturated carbocycles. The molecule has 0 bridgehead atoms. The Hall–Kier alpha value is -0.00364. The van der Waals surface area contributed by atoms with Crippen LogP contribution in [0.2, 0.25) is 0 Å². The van der Waals surface area contributed by atoms with Crippen LogP contribution in [-0.4, -0.2) is 66.8 Å². The number of rotatable bonds is 1. The zero-order valence-corrected chi connectivity index (χ0v) is 3.96. The molecule has 0 fully saturated rings. The van der Waals surface area contributed by atoms with Gasteiger partial charge in [-0.1, -0.05) is 0 Å². The quantitative estimate of drug-likeness (QED) is 0.272. The maximum atomic E-state index is 8.83. The summed E-state index contributed by atoms with van der Waals surface area (Å²) in [6.07, 6.45) is 0. The normalized spacial score (nSPS) is 5.70. The van der Waals surface area contributed by atoms with Crippen LogP contribution in [0.3, 0.4) is 0 Å². The molecule has 0 aromatic rings. The van der Waals surface area contributed by atoms with Crippen LogP contribution in [0.5, 0.6) is 0 Å². The van der Waals surface area contributed by atoms with Gasteiger partial charge in [0.1, 0.15) is 0 Å². The summed E-state index contributed by atoms with van der Waals surface area (Å²) in [7, 11) is 0. The Labute approximate surface area is 96.7 Å². The van der Waals surface area contributed by atoms with Crippen LogP contribution in [0.4, 0.5) is 0 Å². The summed E-state index contributed by atoms with van der Waals surface area (Å²) in [4.78, 5) is 20.2. The van der Waals surface area contributed by atoms with Crippen molar-refractivity contribution in [1.82, 2.24) is 0 Å². The zero-order valence-electron chi connectivity index (χ0n) is 3.96. The molecule has 0 spiro atoms. The van der Waals surface area contributed by atoms with Crippen LogP contribution in [-0.2, 0) is 4.94 Å². The molecule has 0 rings (SSSR count). The van der Waals surface area contributed by atoms with E-state index in [-0.39, 0.29) is 51.4 Å². The Bertz CT molecular complexity index is 97.2. The third kappa shape index (κ3) is 98.2. The first-order valence-electron chi connectivity index (χ1n) is 1.35. The summed E-state index contributed by atoms with van der Waals surface area (Å²) >= 11 is 0. The Morgan fingerprint density at radius 3 is 1.50 bits per heavy atom. The van der Waals surface area contributed by atoms with E-state index in [0.29, 0.717) is 0 Å². The van der Waals surface area contributed by atoms with Gasteiger partial charge in [0.2, 0.25) is 0 Å². The molecule has 0 radical (unpaired) electrons. The molecular weight excluding hydrogens is 177 g/mol. The molecule has 0 atom stereocenters. The summed E-state index contributed by atoms with van der Waals surface area (Å²) in [6.45, 7) is 0. The van der Waals surface area contributed by atoms with Gasteiger partial charge in [0.15, 0.2) is 0 Å². The number of nitrogens with two attached hydrogens (primary N) is 1. The van der Waals surface area contributed by atoms with Crippen molar-refractivity contribution in [2.24, 2.45) is 5.90 Å². The molecule has 0 aliphatic rings. The van der Waals surface area contributed by atoms with Crippen LogP contribution in [0.25, 0.3) is 0 Å². The molecule has 56 valence electrons. The average Bonchev–Trinajstić information content (AvgIpc) is 1.65. The fourth-order valence-corrected chi connectivity index (χ4v) is 0. The number of hydrogen-bond acceptors (Lipinski definition) is 6. The summed E-state index contributed by atoms with van der Waals surface area (Å²) < 4.78 is 0. The third-order valence-electron chi connectivity index (χ3n) is 0.0861. The molecular formula is H4KN3O6. The minimum absolute atomic E-state index is 0. The summed E-state index contributed by atoms with van der Waals surface area (Å²) in [5.41, 5.74) is 0. The predicted octanol–water partition coefficient (Wildman–Crippen LogP) is -1.93. The van der Waals surface area contributed by atoms with Gasteiger partial charge in [-0.05, 0) is 0 Å². The second-order valence-electron chi connectivity index (χ2n) is 0.567. The summed E-state index contributed by atoms with van der Waals surface area (Å²) in [6, 6.07) is 0. The molecule has 0 aromatic heterocycles. The molecule has 0 heterocycles. The van der Waals surface area contributed by atoms with E-state index in [4.69, 9.17) is 25.4 Å². The van der Waals surface area contributed by atoms with E-state index in [0.717, 1.165) is 0 Å². The number of nitrogens with zero attached hydrogens (tertiary/aromatic N) is 2. The van der Waals surface area contributed by atoms with Gasteiger partial charge in [-0.2, -0.15) is 5.90 Å². The Morgan fingerprint density at radius 2 is 1.50 bits per heavy atom. The molecule has 10 heteroatoms. The zero-order chi connectivity index (χ0) is 7.86. The molecule has 0 unspecified atom stereocenters. The molecule has 0 aliphatic heterocycles. The van der Waals surface area contributed by atoms with Crippen molar-refractivity contribution >= 4 is 51.4 Å². The average molecular weight is 181 g/mol. The Morgan fingerprint density at radius 1 is 1.40 bits per heavy atom. The van der Waals surface area contributed by atoms with Crippen molar-refractivity contribution in [2.45, 2.75) is 0 Å². The van der Waals surface area contributed by atoms with Crippen LogP contribution in [0.1, 0.15) is 0 Å².